The van der Waals surface area contributed by atoms with Crippen molar-refractivity contribution < 1.29 is 5.11 Å². The van der Waals surface area contributed by atoms with E-state index in [9.17, 15) is 0 Å². The van der Waals surface area contributed by atoms with E-state index in [1.54, 1.807) is 0 Å². The first-order valence-electron chi connectivity index (χ1n) is 11.0. The molecule has 0 aliphatic rings. The molecule has 1 nitrogen and oxygen atoms in total. The van der Waals surface area contributed by atoms with Gasteiger partial charge in [0.2, 0.25) is 0 Å². The van der Waals surface area contributed by atoms with Crippen LogP contribution < -0.4 is 0 Å². The molecule has 0 bridgehead atoms. The van der Waals surface area contributed by atoms with E-state index >= 15 is 0 Å². The smallest absolute Gasteiger partial charge is 0.0431 e. The Bertz CT molecular complexity index is 190. The molecule has 23 heavy (non-hydrogen) atoms. The Kier molecular flexibility index (Phi) is 20.0. The molecule has 0 fully saturated rings. The molecule has 0 aromatic rings. The lowest BCUT2D eigenvalue weighted by Crippen LogP contribution is -2.01. The molecule has 0 rings (SSSR count). The fraction of sp³-hybridized carbons (Fsp3) is 1.00. The van der Waals surface area contributed by atoms with Gasteiger partial charge in [-0.1, -0.05) is 123 Å². The fourth-order valence-electron chi connectivity index (χ4n) is 3.58. The Morgan fingerprint density at radius 1 is 0.478 bits per heavy atom. The molecule has 140 valence electrons. The van der Waals surface area contributed by atoms with Crippen LogP contribution in [0.25, 0.3) is 0 Å². The second-order valence-electron chi connectivity index (χ2n) is 7.55. The van der Waals surface area contributed by atoms with Gasteiger partial charge in [-0.2, -0.15) is 0 Å². The summed E-state index contributed by atoms with van der Waals surface area (Å²) in [5, 5.41) is 8.78. The predicted octanol–water partition coefficient (Wildman–Crippen LogP) is 7.66. The first kappa shape index (κ1) is 23.0. The molecule has 0 aromatic carbocycles. The quantitative estimate of drug-likeness (QED) is 0.242. The zero-order valence-corrected chi connectivity index (χ0v) is 16.5. The van der Waals surface area contributed by atoms with Gasteiger partial charge in [0, 0.05) is 6.61 Å². The van der Waals surface area contributed by atoms with Crippen molar-refractivity contribution >= 4 is 0 Å². The molecule has 0 unspecified atom stereocenters. The van der Waals surface area contributed by atoms with Gasteiger partial charge in [0.15, 0.2) is 0 Å². The standard InChI is InChI=1S/C22H46O/c1-3-5-7-14-18-22(19-15-8-6-4-2)20-16-12-10-9-11-13-17-21-23/h22-23H,3-21H2,1-2H3. The molecule has 1 N–H and O–H groups in total. The van der Waals surface area contributed by atoms with Crippen molar-refractivity contribution in [1.29, 1.82) is 0 Å². The molecule has 1 heteroatoms. The molecule has 0 radical (unpaired) electrons. The van der Waals surface area contributed by atoms with Gasteiger partial charge in [0.05, 0.1) is 0 Å². The van der Waals surface area contributed by atoms with Crippen LogP contribution >= 0.6 is 0 Å². The highest BCUT2D eigenvalue weighted by Crippen LogP contribution is 2.24. The Morgan fingerprint density at radius 3 is 1.22 bits per heavy atom. The maximum atomic E-state index is 8.78. The van der Waals surface area contributed by atoms with E-state index in [4.69, 9.17) is 5.11 Å². The third kappa shape index (κ3) is 18.1. The Morgan fingerprint density at radius 2 is 0.826 bits per heavy atom. The number of rotatable bonds is 19. The van der Waals surface area contributed by atoms with Gasteiger partial charge in [-0.25, -0.2) is 0 Å². The van der Waals surface area contributed by atoms with Crippen molar-refractivity contribution in [1.82, 2.24) is 0 Å². The normalized spacial score (nSPS) is 11.5. The van der Waals surface area contributed by atoms with Crippen LogP contribution in [0.3, 0.4) is 0 Å². The van der Waals surface area contributed by atoms with Gasteiger partial charge in [-0.3, -0.25) is 0 Å². The summed E-state index contributed by atoms with van der Waals surface area (Å²) in [6, 6.07) is 0. The number of aliphatic hydroxyl groups is 1. The molecular formula is C22H46O. The van der Waals surface area contributed by atoms with Gasteiger partial charge >= 0.3 is 0 Å². The molecule has 0 amide bonds. The second kappa shape index (κ2) is 20.0. The van der Waals surface area contributed by atoms with Crippen LogP contribution in [-0.4, -0.2) is 11.7 Å². The number of hydrogen-bond acceptors (Lipinski definition) is 1. The van der Waals surface area contributed by atoms with E-state index in [1.165, 1.54) is 109 Å². The van der Waals surface area contributed by atoms with Crippen LogP contribution in [-0.2, 0) is 0 Å². The van der Waals surface area contributed by atoms with Crippen molar-refractivity contribution in [2.24, 2.45) is 5.92 Å². The highest BCUT2D eigenvalue weighted by Gasteiger charge is 2.08. The SMILES string of the molecule is CCCCCCC(CCCCCC)CCCCCCCCCO. The van der Waals surface area contributed by atoms with E-state index < -0.39 is 0 Å². The van der Waals surface area contributed by atoms with Crippen LogP contribution in [0.4, 0.5) is 0 Å². The summed E-state index contributed by atoms with van der Waals surface area (Å²) in [6.07, 6.45) is 25.1. The first-order valence-corrected chi connectivity index (χ1v) is 11.0. The van der Waals surface area contributed by atoms with Gasteiger partial charge in [-0.15, -0.1) is 0 Å². The van der Waals surface area contributed by atoms with Crippen LogP contribution in [0.2, 0.25) is 0 Å². The van der Waals surface area contributed by atoms with E-state index in [0.717, 1.165) is 12.3 Å². The molecule has 0 saturated carbocycles. The predicted molar refractivity (Wildman–Crippen MR) is 105 cm³/mol. The van der Waals surface area contributed by atoms with Crippen molar-refractivity contribution in [3.8, 4) is 0 Å². The van der Waals surface area contributed by atoms with Crippen molar-refractivity contribution in [3.05, 3.63) is 0 Å². The topological polar surface area (TPSA) is 20.2 Å². The summed E-state index contributed by atoms with van der Waals surface area (Å²) in [5.41, 5.74) is 0. The summed E-state index contributed by atoms with van der Waals surface area (Å²) >= 11 is 0. The Balaban J connectivity index is 3.64. The zero-order valence-electron chi connectivity index (χ0n) is 16.5. The average molecular weight is 327 g/mol. The third-order valence-electron chi connectivity index (χ3n) is 5.20. The average Bonchev–Trinajstić information content (AvgIpc) is 2.57. The van der Waals surface area contributed by atoms with Crippen LogP contribution in [0, 0.1) is 5.92 Å². The second-order valence-corrected chi connectivity index (χ2v) is 7.55. The summed E-state index contributed by atoms with van der Waals surface area (Å²) in [7, 11) is 0. The Labute approximate surface area is 147 Å². The van der Waals surface area contributed by atoms with Crippen LogP contribution in [0.15, 0.2) is 0 Å². The summed E-state index contributed by atoms with van der Waals surface area (Å²) in [6.45, 7) is 4.99. The Hall–Kier alpha value is -0.0400. The van der Waals surface area contributed by atoms with E-state index in [2.05, 4.69) is 13.8 Å². The summed E-state index contributed by atoms with van der Waals surface area (Å²) < 4.78 is 0. The molecule has 0 spiro atoms. The minimum atomic E-state index is 0.373. The largest absolute Gasteiger partial charge is 0.396 e. The van der Waals surface area contributed by atoms with E-state index in [-0.39, 0.29) is 0 Å². The minimum Gasteiger partial charge on any atom is -0.396 e. The van der Waals surface area contributed by atoms with Gasteiger partial charge in [0.25, 0.3) is 0 Å². The highest BCUT2D eigenvalue weighted by molar-refractivity contribution is 4.62. The van der Waals surface area contributed by atoms with Crippen molar-refractivity contribution in [2.45, 2.75) is 129 Å². The third-order valence-corrected chi connectivity index (χ3v) is 5.20. The lowest BCUT2D eigenvalue weighted by molar-refractivity contribution is 0.282. The zero-order chi connectivity index (χ0) is 17.0. The van der Waals surface area contributed by atoms with Crippen molar-refractivity contribution in [3.63, 3.8) is 0 Å². The maximum Gasteiger partial charge on any atom is 0.0431 e. The summed E-state index contributed by atoms with van der Waals surface area (Å²) in [4.78, 5) is 0. The number of aliphatic hydroxyl groups excluding tert-OH is 1. The molecule has 0 heterocycles. The number of unbranched alkanes of at least 4 members (excludes halogenated alkanes) is 12. The fourth-order valence-corrected chi connectivity index (χ4v) is 3.58. The van der Waals surface area contributed by atoms with Gasteiger partial charge < -0.3 is 5.11 Å². The summed E-state index contributed by atoms with van der Waals surface area (Å²) in [5.74, 6) is 1.01. The lowest BCUT2D eigenvalue weighted by Gasteiger charge is -2.17. The molecule has 0 aliphatic heterocycles. The molecular weight excluding hydrogens is 280 g/mol. The van der Waals surface area contributed by atoms with Gasteiger partial charge in [0.1, 0.15) is 0 Å². The van der Waals surface area contributed by atoms with Gasteiger partial charge in [-0.05, 0) is 12.3 Å². The molecule has 0 aromatic heterocycles. The monoisotopic (exact) mass is 326 g/mol. The van der Waals surface area contributed by atoms with Crippen LogP contribution in [0.1, 0.15) is 129 Å². The number of hydrogen-bond donors (Lipinski definition) is 1. The lowest BCUT2D eigenvalue weighted by atomic mass is 9.89. The van der Waals surface area contributed by atoms with Crippen LogP contribution in [0.5, 0.6) is 0 Å². The first-order chi connectivity index (χ1) is 11.3. The molecule has 0 aliphatic carbocycles. The molecule has 0 atom stereocenters. The maximum absolute atomic E-state index is 8.78. The van der Waals surface area contributed by atoms with E-state index in [0.29, 0.717) is 6.61 Å². The highest BCUT2D eigenvalue weighted by atomic mass is 16.2. The molecule has 0 saturated heterocycles. The van der Waals surface area contributed by atoms with Crippen molar-refractivity contribution in [2.75, 3.05) is 6.61 Å². The minimum absolute atomic E-state index is 0.373. The van der Waals surface area contributed by atoms with E-state index in [1.807, 2.05) is 0 Å².